The first-order valence-corrected chi connectivity index (χ1v) is 11.3. The monoisotopic (exact) mass is 521 g/mol. The minimum absolute atomic E-state index is 0.0369. The maximum absolute atomic E-state index is 13.3. The van der Waals surface area contributed by atoms with Gasteiger partial charge in [0, 0.05) is 16.7 Å². The van der Waals surface area contributed by atoms with Gasteiger partial charge in [-0.1, -0.05) is 30.0 Å². The Labute approximate surface area is 186 Å². The van der Waals surface area contributed by atoms with Gasteiger partial charge in [0.1, 0.15) is 0 Å². The van der Waals surface area contributed by atoms with Crippen LogP contribution in [0.1, 0.15) is 6.92 Å². The van der Waals surface area contributed by atoms with E-state index in [-0.39, 0.29) is 16.7 Å². The van der Waals surface area contributed by atoms with Crippen molar-refractivity contribution in [1.82, 2.24) is 14.5 Å². The topological polar surface area (TPSA) is 64.4 Å². The summed E-state index contributed by atoms with van der Waals surface area (Å²) in [6.07, 6.45) is 0. The van der Waals surface area contributed by atoms with Crippen molar-refractivity contribution in [3.8, 4) is 5.69 Å². The standard InChI is InChI=1S/C21H20IN3O3S/c1-14(19(26)24-9-11-28-12-10-24)29-21-23-18-8-7-15(22)13-17(18)20(27)25(21)16-5-3-2-4-6-16/h2-8,13-14H,9-12H2,1H3/t14-/m1/s1. The lowest BCUT2D eigenvalue weighted by Gasteiger charge is -2.29. The summed E-state index contributed by atoms with van der Waals surface area (Å²) in [4.78, 5) is 32.8. The molecule has 29 heavy (non-hydrogen) atoms. The van der Waals surface area contributed by atoms with Gasteiger partial charge >= 0.3 is 0 Å². The van der Waals surface area contributed by atoms with Gasteiger partial charge in [-0.15, -0.1) is 0 Å². The molecule has 2 heterocycles. The second-order valence-corrected chi connectivity index (χ2v) is 9.28. The molecule has 1 aliphatic heterocycles. The van der Waals surface area contributed by atoms with E-state index in [0.29, 0.717) is 42.4 Å². The average Bonchev–Trinajstić information content (AvgIpc) is 2.75. The van der Waals surface area contributed by atoms with E-state index in [4.69, 9.17) is 9.72 Å². The number of aromatic nitrogens is 2. The Morgan fingerprint density at radius 1 is 1.17 bits per heavy atom. The van der Waals surface area contributed by atoms with Crippen LogP contribution in [0.5, 0.6) is 0 Å². The molecule has 1 aromatic heterocycles. The molecule has 3 aromatic rings. The molecule has 0 unspecified atom stereocenters. The van der Waals surface area contributed by atoms with Crippen molar-refractivity contribution in [3.05, 3.63) is 62.5 Å². The van der Waals surface area contributed by atoms with Crippen LogP contribution in [0.3, 0.4) is 0 Å². The number of hydrogen-bond donors (Lipinski definition) is 0. The predicted octanol–water partition coefficient (Wildman–Crippen LogP) is 3.33. The van der Waals surface area contributed by atoms with Crippen LogP contribution in [0.2, 0.25) is 0 Å². The Balaban J connectivity index is 1.77. The highest BCUT2D eigenvalue weighted by Gasteiger charge is 2.25. The van der Waals surface area contributed by atoms with Crippen LogP contribution >= 0.6 is 34.4 Å². The number of thioether (sulfide) groups is 1. The molecule has 1 fully saturated rings. The first-order valence-electron chi connectivity index (χ1n) is 9.35. The minimum atomic E-state index is -0.365. The SMILES string of the molecule is C[C@@H](Sc1nc2ccc(I)cc2c(=O)n1-c1ccccc1)C(=O)N1CCOCC1. The summed E-state index contributed by atoms with van der Waals surface area (Å²) in [5, 5.41) is 0.720. The summed E-state index contributed by atoms with van der Waals surface area (Å²) in [7, 11) is 0. The number of benzene rings is 2. The smallest absolute Gasteiger partial charge is 0.266 e. The minimum Gasteiger partial charge on any atom is -0.378 e. The third kappa shape index (κ3) is 4.34. The fraction of sp³-hybridized carbons (Fsp3) is 0.286. The number of carbonyl (C=O) groups is 1. The van der Waals surface area contributed by atoms with E-state index in [1.165, 1.54) is 11.8 Å². The Morgan fingerprint density at radius 3 is 2.62 bits per heavy atom. The molecule has 1 atom stereocenters. The highest BCUT2D eigenvalue weighted by molar-refractivity contribution is 14.1. The number of carbonyl (C=O) groups excluding carboxylic acids is 1. The number of para-hydroxylation sites is 1. The molecule has 1 saturated heterocycles. The summed E-state index contributed by atoms with van der Waals surface area (Å²) in [5.41, 5.74) is 1.24. The number of halogens is 1. The van der Waals surface area contributed by atoms with Crippen molar-refractivity contribution in [2.24, 2.45) is 0 Å². The molecule has 150 valence electrons. The van der Waals surface area contributed by atoms with Gasteiger partial charge in [0.25, 0.3) is 5.56 Å². The third-order valence-electron chi connectivity index (χ3n) is 4.77. The van der Waals surface area contributed by atoms with E-state index in [9.17, 15) is 9.59 Å². The molecule has 1 amide bonds. The van der Waals surface area contributed by atoms with Gasteiger partial charge in [-0.3, -0.25) is 14.2 Å². The summed E-state index contributed by atoms with van der Waals surface area (Å²) < 4.78 is 7.92. The van der Waals surface area contributed by atoms with E-state index in [2.05, 4.69) is 22.6 Å². The van der Waals surface area contributed by atoms with Gasteiger partial charge in [-0.2, -0.15) is 0 Å². The van der Waals surface area contributed by atoms with Gasteiger partial charge < -0.3 is 9.64 Å². The molecule has 0 saturated carbocycles. The Morgan fingerprint density at radius 2 is 1.90 bits per heavy atom. The third-order valence-corrected chi connectivity index (χ3v) is 6.48. The number of rotatable bonds is 4. The molecule has 0 radical (unpaired) electrons. The van der Waals surface area contributed by atoms with Crippen molar-refractivity contribution in [1.29, 1.82) is 0 Å². The summed E-state index contributed by atoms with van der Waals surface area (Å²) in [6, 6.07) is 15.1. The molecule has 8 heteroatoms. The van der Waals surface area contributed by atoms with Crippen LogP contribution in [-0.4, -0.2) is 51.9 Å². The van der Waals surface area contributed by atoms with E-state index in [1.807, 2.05) is 60.4 Å². The van der Waals surface area contributed by atoms with Crippen LogP contribution < -0.4 is 5.56 Å². The maximum atomic E-state index is 13.3. The van der Waals surface area contributed by atoms with E-state index >= 15 is 0 Å². The molecule has 0 N–H and O–H groups in total. The molecule has 0 spiro atoms. The molecule has 1 aliphatic rings. The quantitative estimate of drug-likeness (QED) is 0.300. The molecule has 6 nitrogen and oxygen atoms in total. The van der Waals surface area contributed by atoms with E-state index < -0.39 is 0 Å². The zero-order valence-corrected chi connectivity index (χ0v) is 18.9. The van der Waals surface area contributed by atoms with Crippen LogP contribution in [0, 0.1) is 3.57 Å². The number of morpholine rings is 1. The summed E-state index contributed by atoms with van der Waals surface area (Å²) in [6.45, 7) is 4.18. The molecule has 2 aromatic carbocycles. The molecule has 0 bridgehead atoms. The van der Waals surface area contributed by atoms with Crippen LogP contribution in [-0.2, 0) is 9.53 Å². The zero-order valence-electron chi connectivity index (χ0n) is 15.9. The zero-order chi connectivity index (χ0) is 20.4. The lowest BCUT2D eigenvalue weighted by Crippen LogP contribution is -2.44. The van der Waals surface area contributed by atoms with E-state index in [0.717, 1.165) is 9.26 Å². The van der Waals surface area contributed by atoms with Crippen molar-refractivity contribution in [3.63, 3.8) is 0 Å². The second-order valence-electron chi connectivity index (χ2n) is 6.73. The van der Waals surface area contributed by atoms with Crippen LogP contribution in [0.15, 0.2) is 58.5 Å². The highest BCUT2D eigenvalue weighted by atomic mass is 127. The van der Waals surface area contributed by atoms with E-state index in [1.54, 1.807) is 4.57 Å². The molecular weight excluding hydrogens is 501 g/mol. The molecule has 0 aliphatic carbocycles. The fourth-order valence-electron chi connectivity index (χ4n) is 3.27. The van der Waals surface area contributed by atoms with Crippen LogP contribution in [0.25, 0.3) is 16.6 Å². The lowest BCUT2D eigenvalue weighted by atomic mass is 10.2. The first-order chi connectivity index (χ1) is 14.0. The van der Waals surface area contributed by atoms with Gasteiger partial charge in [0.2, 0.25) is 5.91 Å². The average molecular weight is 521 g/mol. The normalized spacial score (nSPS) is 15.4. The predicted molar refractivity (Wildman–Crippen MR) is 123 cm³/mol. The Hall–Kier alpha value is -1.91. The number of nitrogens with zero attached hydrogens (tertiary/aromatic N) is 3. The lowest BCUT2D eigenvalue weighted by molar-refractivity contribution is -0.134. The maximum Gasteiger partial charge on any atom is 0.266 e. The summed E-state index contributed by atoms with van der Waals surface area (Å²) in [5.74, 6) is 0.0369. The van der Waals surface area contributed by atoms with Crippen molar-refractivity contribution in [2.75, 3.05) is 26.3 Å². The first kappa shape index (κ1) is 20.4. The fourth-order valence-corrected chi connectivity index (χ4v) is 4.77. The largest absolute Gasteiger partial charge is 0.378 e. The van der Waals surface area contributed by atoms with Crippen molar-refractivity contribution < 1.29 is 9.53 Å². The number of ether oxygens (including phenoxy) is 1. The Bertz CT molecular complexity index is 1100. The molecular formula is C21H20IN3O3S. The molecule has 4 rings (SSSR count). The van der Waals surface area contributed by atoms with Gasteiger partial charge in [-0.25, -0.2) is 4.98 Å². The number of amides is 1. The van der Waals surface area contributed by atoms with Crippen molar-refractivity contribution in [2.45, 2.75) is 17.3 Å². The van der Waals surface area contributed by atoms with Gasteiger partial charge in [0.15, 0.2) is 5.16 Å². The number of hydrogen-bond acceptors (Lipinski definition) is 5. The number of fused-ring (bicyclic) bond motifs is 1. The van der Waals surface area contributed by atoms with Crippen LogP contribution in [0.4, 0.5) is 0 Å². The highest BCUT2D eigenvalue weighted by Crippen LogP contribution is 2.26. The Kier molecular flexibility index (Phi) is 6.21. The second kappa shape index (κ2) is 8.85. The summed E-state index contributed by atoms with van der Waals surface area (Å²) >= 11 is 3.51. The van der Waals surface area contributed by atoms with Crippen molar-refractivity contribution >= 4 is 51.2 Å². The van der Waals surface area contributed by atoms with Gasteiger partial charge in [0.05, 0.1) is 35.1 Å². The van der Waals surface area contributed by atoms with Gasteiger partial charge in [-0.05, 0) is 59.8 Å².